The van der Waals surface area contributed by atoms with Crippen molar-refractivity contribution < 1.29 is 24.3 Å². The summed E-state index contributed by atoms with van der Waals surface area (Å²) in [7, 11) is -1.53. The Morgan fingerprint density at radius 3 is 2.82 bits per heavy atom. The molecule has 0 fully saturated rings. The molecule has 0 heterocycles. The highest BCUT2D eigenvalue weighted by atomic mass is 16.6. The maximum absolute atomic E-state index is 10.7. The molecule has 0 amide bonds. The van der Waals surface area contributed by atoms with Crippen LogP contribution in [0.5, 0.6) is 5.75 Å². The van der Waals surface area contributed by atoms with E-state index in [1.807, 2.05) is 0 Å². The highest BCUT2D eigenvalue weighted by Crippen LogP contribution is 2.07. The first-order valence-corrected chi connectivity index (χ1v) is 5.01. The molecular weight excluding hydrogens is 223 g/mol. The van der Waals surface area contributed by atoms with Crippen LogP contribution in [0.4, 0.5) is 0 Å². The fourth-order valence-corrected chi connectivity index (χ4v) is 1.13. The molecule has 90 valence electrons. The molecule has 0 unspecified atom stereocenters. The van der Waals surface area contributed by atoms with Crippen LogP contribution in [0.2, 0.25) is 0 Å². The third kappa shape index (κ3) is 4.71. The molecule has 0 aromatic heterocycles. The summed E-state index contributed by atoms with van der Waals surface area (Å²) in [6.07, 6.45) is 1.07. The first-order valence-electron chi connectivity index (χ1n) is 5.01. The van der Waals surface area contributed by atoms with E-state index in [-0.39, 0.29) is 13.2 Å². The normalized spacial score (nSPS) is 9.53. The molecule has 0 aliphatic rings. The number of benzene rings is 1. The number of ether oxygens (including phenoxy) is 2. The average Bonchev–Trinajstić information content (AvgIpc) is 2.34. The Morgan fingerprint density at radius 1 is 1.41 bits per heavy atom. The van der Waals surface area contributed by atoms with E-state index in [4.69, 9.17) is 19.5 Å². The van der Waals surface area contributed by atoms with Crippen molar-refractivity contribution in [2.45, 2.75) is 0 Å². The summed E-state index contributed by atoms with van der Waals surface area (Å²) in [5, 5.41) is 17.9. The second-order valence-corrected chi connectivity index (χ2v) is 3.17. The summed E-state index contributed by atoms with van der Waals surface area (Å²) < 4.78 is 9.97. The molecule has 0 aliphatic carbocycles. The summed E-state index contributed by atoms with van der Waals surface area (Å²) in [5.74, 6) is -0.0293. The van der Waals surface area contributed by atoms with E-state index in [1.54, 1.807) is 18.2 Å². The van der Waals surface area contributed by atoms with E-state index in [0.717, 1.165) is 6.08 Å². The van der Waals surface area contributed by atoms with Gasteiger partial charge in [-0.3, -0.25) is 0 Å². The van der Waals surface area contributed by atoms with Gasteiger partial charge in [0.05, 0.1) is 0 Å². The van der Waals surface area contributed by atoms with Crippen LogP contribution >= 0.6 is 0 Å². The molecule has 0 saturated heterocycles. The van der Waals surface area contributed by atoms with Crippen molar-refractivity contribution in [3.63, 3.8) is 0 Å². The van der Waals surface area contributed by atoms with Gasteiger partial charge in [0.15, 0.2) is 0 Å². The van der Waals surface area contributed by atoms with E-state index >= 15 is 0 Å². The van der Waals surface area contributed by atoms with Gasteiger partial charge >= 0.3 is 13.1 Å². The average molecular weight is 236 g/mol. The highest BCUT2D eigenvalue weighted by Gasteiger charge is 2.10. The second-order valence-electron chi connectivity index (χ2n) is 3.17. The Morgan fingerprint density at radius 2 is 2.18 bits per heavy atom. The smallest absolute Gasteiger partial charge is 0.488 e. The number of hydrogen-bond donors (Lipinski definition) is 2. The Labute approximate surface area is 99.4 Å². The minimum absolute atomic E-state index is 0.108. The first kappa shape index (κ1) is 13.3. The lowest BCUT2D eigenvalue weighted by molar-refractivity contribution is -0.138. The number of rotatable bonds is 6. The largest absolute Gasteiger partial charge is 0.490 e. The second kappa shape index (κ2) is 6.72. The molecular formula is C11H13BO5. The zero-order valence-corrected chi connectivity index (χ0v) is 9.20. The summed E-state index contributed by atoms with van der Waals surface area (Å²) in [5.41, 5.74) is 0.339. The summed E-state index contributed by atoms with van der Waals surface area (Å²) in [6, 6.07) is 6.37. The van der Waals surface area contributed by atoms with Crippen molar-refractivity contribution >= 4 is 18.6 Å². The molecule has 1 aromatic carbocycles. The standard InChI is InChI=1S/C11H13BO5/c1-2-11(13)17-7-6-16-10-5-3-4-9(8-10)12(14)15/h2-5,8,14-15H,1,6-7H2. The van der Waals surface area contributed by atoms with Crippen LogP contribution in [0.15, 0.2) is 36.9 Å². The van der Waals surface area contributed by atoms with Crippen molar-refractivity contribution in [1.82, 2.24) is 0 Å². The van der Waals surface area contributed by atoms with Crippen LogP contribution in [-0.4, -0.2) is 36.3 Å². The van der Waals surface area contributed by atoms with Crippen LogP contribution in [0.3, 0.4) is 0 Å². The number of hydrogen-bond acceptors (Lipinski definition) is 5. The van der Waals surface area contributed by atoms with Gasteiger partial charge in [-0.2, -0.15) is 0 Å². The van der Waals surface area contributed by atoms with Gasteiger partial charge in [0, 0.05) is 6.08 Å². The zero-order chi connectivity index (χ0) is 12.7. The SMILES string of the molecule is C=CC(=O)OCCOc1cccc(B(O)O)c1. The van der Waals surface area contributed by atoms with Crippen molar-refractivity contribution in [3.05, 3.63) is 36.9 Å². The molecule has 2 N–H and O–H groups in total. The Hall–Kier alpha value is -1.79. The van der Waals surface area contributed by atoms with Crippen molar-refractivity contribution in [2.24, 2.45) is 0 Å². The van der Waals surface area contributed by atoms with E-state index < -0.39 is 13.1 Å². The van der Waals surface area contributed by atoms with Gasteiger partial charge < -0.3 is 19.5 Å². The van der Waals surface area contributed by atoms with Crippen LogP contribution < -0.4 is 10.2 Å². The Balaban J connectivity index is 2.39. The number of carbonyl (C=O) groups excluding carboxylic acids is 1. The van der Waals surface area contributed by atoms with Crippen molar-refractivity contribution in [2.75, 3.05) is 13.2 Å². The minimum atomic E-state index is -1.53. The summed E-state index contributed by atoms with van der Waals surface area (Å²) in [6.45, 7) is 3.55. The third-order valence-electron chi connectivity index (χ3n) is 1.92. The lowest BCUT2D eigenvalue weighted by Gasteiger charge is -2.07. The molecule has 0 bridgehead atoms. The third-order valence-corrected chi connectivity index (χ3v) is 1.92. The predicted molar refractivity (Wildman–Crippen MR) is 62.9 cm³/mol. The van der Waals surface area contributed by atoms with Gasteiger partial charge in [0.2, 0.25) is 0 Å². The molecule has 0 saturated carbocycles. The highest BCUT2D eigenvalue weighted by molar-refractivity contribution is 6.58. The van der Waals surface area contributed by atoms with Gasteiger partial charge in [0.25, 0.3) is 0 Å². The van der Waals surface area contributed by atoms with Crippen LogP contribution in [0.1, 0.15) is 0 Å². The maximum atomic E-state index is 10.7. The molecule has 1 aromatic rings. The van der Waals surface area contributed by atoms with E-state index in [2.05, 4.69) is 6.58 Å². The van der Waals surface area contributed by atoms with Crippen LogP contribution in [0, 0.1) is 0 Å². The summed E-state index contributed by atoms with van der Waals surface area (Å²) >= 11 is 0. The van der Waals surface area contributed by atoms with E-state index in [9.17, 15) is 4.79 Å². The number of carbonyl (C=O) groups is 1. The molecule has 6 heteroatoms. The van der Waals surface area contributed by atoms with Gasteiger partial charge in [-0.25, -0.2) is 4.79 Å². The van der Waals surface area contributed by atoms with Crippen LogP contribution in [-0.2, 0) is 9.53 Å². The predicted octanol–water partition coefficient (Wildman–Crippen LogP) is -0.526. The van der Waals surface area contributed by atoms with Crippen molar-refractivity contribution in [1.29, 1.82) is 0 Å². The summed E-state index contributed by atoms with van der Waals surface area (Å²) in [4.78, 5) is 10.7. The molecule has 5 nitrogen and oxygen atoms in total. The number of esters is 1. The monoisotopic (exact) mass is 236 g/mol. The molecule has 1 rings (SSSR count). The van der Waals surface area contributed by atoms with Crippen LogP contribution in [0.25, 0.3) is 0 Å². The Kier molecular flexibility index (Phi) is 5.25. The lowest BCUT2D eigenvalue weighted by atomic mass is 9.80. The Bertz CT molecular complexity index is 391. The molecule has 0 aliphatic heterocycles. The maximum Gasteiger partial charge on any atom is 0.488 e. The zero-order valence-electron chi connectivity index (χ0n) is 9.20. The van der Waals surface area contributed by atoms with Gasteiger partial charge in [0.1, 0.15) is 19.0 Å². The molecule has 0 atom stereocenters. The fourth-order valence-electron chi connectivity index (χ4n) is 1.13. The van der Waals surface area contributed by atoms with Crippen molar-refractivity contribution in [3.8, 4) is 5.75 Å². The molecule has 0 spiro atoms. The van der Waals surface area contributed by atoms with Gasteiger partial charge in [-0.1, -0.05) is 18.7 Å². The van der Waals surface area contributed by atoms with E-state index in [0.29, 0.717) is 11.2 Å². The minimum Gasteiger partial charge on any atom is -0.490 e. The molecule has 17 heavy (non-hydrogen) atoms. The topological polar surface area (TPSA) is 76.0 Å². The van der Waals surface area contributed by atoms with E-state index in [1.165, 1.54) is 6.07 Å². The quantitative estimate of drug-likeness (QED) is 0.300. The van der Waals surface area contributed by atoms with Gasteiger partial charge in [-0.15, -0.1) is 0 Å². The first-order chi connectivity index (χ1) is 8.13. The fraction of sp³-hybridized carbons (Fsp3) is 0.182. The van der Waals surface area contributed by atoms with Gasteiger partial charge in [-0.05, 0) is 17.6 Å². The lowest BCUT2D eigenvalue weighted by Crippen LogP contribution is -2.29. The molecule has 0 radical (unpaired) electrons.